The van der Waals surface area contributed by atoms with Gasteiger partial charge in [-0.25, -0.2) is 0 Å². The van der Waals surface area contributed by atoms with Crippen molar-refractivity contribution in [2.75, 3.05) is 10.6 Å². The van der Waals surface area contributed by atoms with E-state index >= 15 is 0 Å². The number of nitrogens with zero attached hydrogens (tertiary/aromatic N) is 2. The highest BCUT2D eigenvalue weighted by Crippen LogP contribution is 2.38. The Bertz CT molecular complexity index is 2070. The van der Waals surface area contributed by atoms with Crippen molar-refractivity contribution in [2.24, 2.45) is 0 Å². The first kappa shape index (κ1) is 40.7. The van der Waals surface area contributed by atoms with E-state index in [9.17, 15) is 52.7 Å². The average molecular weight is 815 g/mol. The van der Waals surface area contributed by atoms with E-state index in [0.717, 1.165) is 0 Å². The second-order valence-corrected chi connectivity index (χ2v) is 12.5. The average Bonchev–Trinajstić information content (AvgIpc) is 3.82. The maximum Gasteiger partial charge on any atom is 0.416 e. The first-order valence-electron chi connectivity index (χ1n) is 16.4. The van der Waals surface area contributed by atoms with Crippen LogP contribution >= 0.6 is 0 Å². The fraction of sp³-hybridized carbons (Fsp3) is 0.211. The van der Waals surface area contributed by atoms with E-state index in [1.807, 2.05) is 0 Å². The summed E-state index contributed by atoms with van der Waals surface area (Å²) < 4.78 is 174. The molecule has 7 nitrogen and oxygen atoms in total. The number of rotatable bonds is 12. The third-order valence-corrected chi connectivity index (χ3v) is 8.26. The molecule has 0 spiro atoms. The number of nitrogens with one attached hydrogen (secondary N) is 2. The zero-order valence-corrected chi connectivity index (χ0v) is 28.7. The van der Waals surface area contributed by atoms with Crippen LogP contribution in [-0.2, 0) is 55.7 Å². The van der Waals surface area contributed by atoms with Crippen LogP contribution in [-0.4, -0.2) is 10.3 Å². The van der Waals surface area contributed by atoms with Gasteiger partial charge >= 0.3 is 24.7 Å². The van der Waals surface area contributed by atoms with Crippen molar-refractivity contribution in [3.63, 3.8) is 0 Å². The SMILES string of the molecule is FC(F)(F)c1cc(CNc2ccc(-c3cc(COCc4cc(-c5ccc(NCc6cc(C(F)(F)F)cc(C(F)(F)F)c6)cc5)no4)on3)cc2)cc(C(F)(F)F)c1. The van der Waals surface area contributed by atoms with E-state index < -0.39 is 47.0 Å². The summed E-state index contributed by atoms with van der Waals surface area (Å²) in [6.07, 6.45) is -19.8. The van der Waals surface area contributed by atoms with E-state index in [1.165, 1.54) is 0 Å². The Labute approximate surface area is 314 Å². The minimum atomic E-state index is -4.95. The molecule has 0 aliphatic rings. The molecule has 2 heterocycles. The van der Waals surface area contributed by atoms with Gasteiger partial charge in [0.2, 0.25) is 0 Å². The molecule has 0 unspecified atom stereocenters. The minimum absolute atomic E-state index is 0.0176. The van der Waals surface area contributed by atoms with Crippen molar-refractivity contribution >= 4 is 11.4 Å². The van der Waals surface area contributed by atoms with Crippen molar-refractivity contribution in [3.05, 3.63) is 142 Å². The van der Waals surface area contributed by atoms with E-state index in [-0.39, 0.29) is 49.6 Å². The number of hydrogen-bond acceptors (Lipinski definition) is 7. The molecule has 0 fully saturated rings. The van der Waals surface area contributed by atoms with Crippen LogP contribution in [0.4, 0.5) is 64.1 Å². The summed E-state index contributed by atoms with van der Waals surface area (Å²) >= 11 is 0. The van der Waals surface area contributed by atoms with E-state index in [0.29, 0.717) is 69.7 Å². The highest BCUT2D eigenvalue weighted by atomic mass is 19.4. The molecule has 0 saturated carbocycles. The zero-order chi connectivity index (χ0) is 41.2. The van der Waals surface area contributed by atoms with Gasteiger partial charge < -0.3 is 24.4 Å². The van der Waals surface area contributed by atoms with Gasteiger partial charge in [0, 0.05) is 47.7 Å². The zero-order valence-electron chi connectivity index (χ0n) is 28.7. The Morgan fingerprint density at radius 1 is 0.439 bits per heavy atom. The molecule has 0 aliphatic heterocycles. The van der Waals surface area contributed by atoms with Crippen molar-refractivity contribution < 1.29 is 66.5 Å². The number of hydrogen-bond donors (Lipinski definition) is 2. The van der Waals surface area contributed by atoms with Gasteiger partial charge in [-0.05, 0) is 71.8 Å². The van der Waals surface area contributed by atoms with Gasteiger partial charge in [0.1, 0.15) is 24.6 Å². The summed E-state index contributed by atoms with van der Waals surface area (Å²) in [6, 6.07) is 18.7. The van der Waals surface area contributed by atoms with Gasteiger partial charge in [-0.1, -0.05) is 34.6 Å². The Morgan fingerprint density at radius 2 is 0.754 bits per heavy atom. The maximum atomic E-state index is 13.2. The normalized spacial score (nSPS) is 12.6. The highest BCUT2D eigenvalue weighted by Gasteiger charge is 2.38. The minimum Gasteiger partial charge on any atom is -0.381 e. The maximum absolute atomic E-state index is 13.2. The van der Waals surface area contributed by atoms with E-state index in [4.69, 9.17) is 13.8 Å². The van der Waals surface area contributed by atoms with Crippen LogP contribution in [0.15, 0.2) is 106 Å². The highest BCUT2D eigenvalue weighted by molar-refractivity contribution is 5.63. The molecule has 2 N–H and O–H groups in total. The lowest BCUT2D eigenvalue weighted by Gasteiger charge is -2.15. The monoisotopic (exact) mass is 814 g/mol. The molecule has 0 radical (unpaired) electrons. The predicted octanol–water partition coefficient (Wildman–Crippen LogP) is 12.0. The van der Waals surface area contributed by atoms with Crippen LogP contribution < -0.4 is 10.6 Å². The van der Waals surface area contributed by atoms with E-state index in [1.54, 1.807) is 60.7 Å². The first-order chi connectivity index (χ1) is 26.7. The molecule has 0 atom stereocenters. The molecule has 2 aromatic heterocycles. The standard InChI is InChI=1S/C38H26F12N4O3/c39-35(40,41)25-9-21(10-26(13-25)36(42,43)44)17-51-29-5-1-23(2-6-29)33-15-31(56-53-33)19-55-20-32-16-34(54-57-32)24-3-7-30(8-4-24)52-18-22-11-27(37(45,46)47)14-28(12-22)38(48,49)50/h1-16,51-52H,17-20H2. The molecule has 6 rings (SSSR count). The topological polar surface area (TPSA) is 85.4 Å². The number of ether oxygens (including phenoxy) is 1. The van der Waals surface area contributed by atoms with Crippen LogP contribution in [0.1, 0.15) is 44.9 Å². The fourth-order valence-electron chi connectivity index (χ4n) is 5.46. The molecule has 0 amide bonds. The molecule has 0 bridgehead atoms. The Balaban J connectivity index is 0.986. The van der Waals surface area contributed by atoms with Gasteiger partial charge in [-0.2, -0.15) is 52.7 Å². The van der Waals surface area contributed by atoms with Gasteiger partial charge in [0.15, 0.2) is 11.5 Å². The van der Waals surface area contributed by atoms with Crippen LogP contribution in [0, 0.1) is 0 Å². The van der Waals surface area contributed by atoms with Crippen molar-refractivity contribution in [1.82, 2.24) is 10.3 Å². The van der Waals surface area contributed by atoms with Crippen molar-refractivity contribution in [3.8, 4) is 22.5 Å². The Kier molecular flexibility index (Phi) is 11.3. The number of anilines is 2. The second kappa shape index (κ2) is 15.9. The van der Waals surface area contributed by atoms with Crippen LogP contribution in [0.25, 0.3) is 22.5 Å². The first-order valence-corrected chi connectivity index (χ1v) is 16.4. The Morgan fingerprint density at radius 3 is 1.05 bits per heavy atom. The lowest BCUT2D eigenvalue weighted by molar-refractivity contribution is -0.144. The smallest absolute Gasteiger partial charge is 0.381 e. The number of aromatic nitrogens is 2. The summed E-state index contributed by atoms with van der Waals surface area (Å²) in [6.45, 7) is -0.640. The molecule has 0 aliphatic carbocycles. The largest absolute Gasteiger partial charge is 0.416 e. The predicted molar refractivity (Wildman–Crippen MR) is 180 cm³/mol. The molecule has 4 aromatic carbocycles. The summed E-state index contributed by atoms with van der Waals surface area (Å²) in [5.41, 5.74) is -3.13. The third kappa shape index (κ3) is 10.7. The second-order valence-electron chi connectivity index (χ2n) is 12.5. The molecule has 0 saturated heterocycles. The quantitative estimate of drug-likeness (QED) is 0.119. The molecular weight excluding hydrogens is 788 g/mol. The van der Waals surface area contributed by atoms with Gasteiger partial charge in [0.25, 0.3) is 0 Å². The summed E-state index contributed by atoms with van der Waals surface area (Å²) in [5.74, 6) is 0.694. The van der Waals surface area contributed by atoms with Crippen LogP contribution in [0.3, 0.4) is 0 Å². The molecular formula is C38H26F12N4O3. The third-order valence-electron chi connectivity index (χ3n) is 8.26. The van der Waals surface area contributed by atoms with Crippen molar-refractivity contribution in [2.45, 2.75) is 51.0 Å². The number of alkyl halides is 12. The Hall–Kier alpha value is -5.98. The molecule has 6 aromatic rings. The molecule has 300 valence electrons. The summed E-state index contributed by atoms with van der Waals surface area (Å²) in [5, 5.41) is 13.6. The van der Waals surface area contributed by atoms with Gasteiger partial charge in [0.05, 0.1) is 22.3 Å². The number of halogens is 12. The lowest BCUT2D eigenvalue weighted by Crippen LogP contribution is -2.12. The lowest BCUT2D eigenvalue weighted by atomic mass is 10.0. The van der Waals surface area contributed by atoms with Gasteiger partial charge in [-0.3, -0.25) is 0 Å². The summed E-state index contributed by atoms with van der Waals surface area (Å²) in [4.78, 5) is 0. The van der Waals surface area contributed by atoms with Crippen LogP contribution in [0.5, 0.6) is 0 Å². The molecule has 57 heavy (non-hydrogen) atoms. The van der Waals surface area contributed by atoms with E-state index in [2.05, 4.69) is 20.9 Å². The molecule has 19 heteroatoms. The van der Waals surface area contributed by atoms with Gasteiger partial charge in [-0.15, -0.1) is 0 Å². The van der Waals surface area contributed by atoms with Crippen LogP contribution in [0.2, 0.25) is 0 Å². The fourth-order valence-corrected chi connectivity index (χ4v) is 5.46. The summed E-state index contributed by atoms with van der Waals surface area (Å²) in [7, 11) is 0. The van der Waals surface area contributed by atoms with Crippen molar-refractivity contribution in [1.29, 1.82) is 0 Å². The number of benzene rings is 4.